The van der Waals surface area contributed by atoms with Crippen molar-refractivity contribution in [3.05, 3.63) is 16.9 Å². The SMILES string of the molecule is O=C(O)[C@@H]1CN(c2ncc(Br)cn2)C[C@H]1C(F)(F)F. The monoisotopic (exact) mass is 339 g/mol. The minimum absolute atomic E-state index is 0.0983. The number of carbonyl (C=O) groups is 1. The van der Waals surface area contributed by atoms with E-state index in [1.54, 1.807) is 0 Å². The molecule has 2 atom stereocenters. The quantitative estimate of drug-likeness (QED) is 0.891. The van der Waals surface area contributed by atoms with Crippen LogP contribution in [-0.2, 0) is 4.79 Å². The molecule has 0 radical (unpaired) electrons. The average Bonchev–Trinajstić information content (AvgIpc) is 2.74. The molecule has 1 aromatic heterocycles. The Morgan fingerprint density at radius 3 is 2.37 bits per heavy atom. The van der Waals surface area contributed by atoms with E-state index in [0.29, 0.717) is 4.47 Å². The molecule has 1 N–H and O–H groups in total. The second-order valence-electron chi connectivity index (χ2n) is 4.20. The zero-order valence-corrected chi connectivity index (χ0v) is 11.0. The van der Waals surface area contributed by atoms with E-state index in [4.69, 9.17) is 5.11 Å². The predicted octanol–water partition coefficient (Wildman–Crippen LogP) is 1.94. The molecule has 1 aliphatic heterocycles. The van der Waals surface area contributed by atoms with E-state index in [-0.39, 0.29) is 12.5 Å². The molecule has 0 unspecified atom stereocenters. The van der Waals surface area contributed by atoms with Gasteiger partial charge in [-0.05, 0) is 15.9 Å². The van der Waals surface area contributed by atoms with Gasteiger partial charge in [0.1, 0.15) is 0 Å². The van der Waals surface area contributed by atoms with E-state index in [1.165, 1.54) is 17.3 Å². The fourth-order valence-electron chi connectivity index (χ4n) is 2.02. The average molecular weight is 340 g/mol. The second kappa shape index (κ2) is 4.95. The van der Waals surface area contributed by atoms with Crippen LogP contribution in [0.4, 0.5) is 19.1 Å². The van der Waals surface area contributed by atoms with Crippen LogP contribution in [0.15, 0.2) is 16.9 Å². The van der Waals surface area contributed by atoms with Crippen LogP contribution in [0.3, 0.4) is 0 Å². The molecule has 1 fully saturated rings. The summed E-state index contributed by atoms with van der Waals surface area (Å²) in [6.07, 6.45) is -1.74. The smallest absolute Gasteiger partial charge is 0.394 e. The van der Waals surface area contributed by atoms with Gasteiger partial charge in [-0.1, -0.05) is 0 Å². The zero-order chi connectivity index (χ0) is 14.2. The number of alkyl halides is 3. The maximum Gasteiger partial charge on any atom is 0.394 e. The Kier molecular flexibility index (Phi) is 3.66. The summed E-state index contributed by atoms with van der Waals surface area (Å²) in [5.41, 5.74) is 0. The summed E-state index contributed by atoms with van der Waals surface area (Å²) in [5, 5.41) is 8.88. The van der Waals surface area contributed by atoms with Gasteiger partial charge in [0.25, 0.3) is 0 Å². The van der Waals surface area contributed by atoms with Gasteiger partial charge >= 0.3 is 12.1 Å². The van der Waals surface area contributed by atoms with E-state index in [0.717, 1.165) is 0 Å². The van der Waals surface area contributed by atoms with E-state index in [9.17, 15) is 18.0 Å². The van der Waals surface area contributed by atoms with Gasteiger partial charge in [0, 0.05) is 25.5 Å². The maximum atomic E-state index is 12.8. The van der Waals surface area contributed by atoms with Gasteiger partial charge in [-0.15, -0.1) is 0 Å². The van der Waals surface area contributed by atoms with Crippen molar-refractivity contribution in [2.75, 3.05) is 18.0 Å². The number of carboxylic acid groups (broad SMARTS) is 1. The summed E-state index contributed by atoms with van der Waals surface area (Å²) in [4.78, 5) is 19.9. The minimum atomic E-state index is -4.55. The number of halogens is 4. The second-order valence-corrected chi connectivity index (χ2v) is 5.11. The predicted molar refractivity (Wildman–Crippen MR) is 62.6 cm³/mol. The molecular formula is C10H9BrF3N3O2. The van der Waals surface area contributed by atoms with Crippen molar-refractivity contribution in [2.24, 2.45) is 11.8 Å². The van der Waals surface area contributed by atoms with E-state index in [1.807, 2.05) is 0 Å². The molecule has 0 aliphatic carbocycles. The highest BCUT2D eigenvalue weighted by Crippen LogP contribution is 2.38. The van der Waals surface area contributed by atoms with E-state index < -0.39 is 30.5 Å². The number of carboxylic acids is 1. The van der Waals surface area contributed by atoms with Crippen molar-refractivity contribution in [3.8, 4) is 0 Å². The van der Waals surface area contributed by atoms with Gasteiger partial charge in [-0.2, -0.15) is 13.2 Å². The molecule has 19 heavy (non-hydrogen) atoms. The molecule has 1 aliphatic rings. The molecule has 5 nitrogen and oxygen atoms in total. The first-order valence-corrected chi connectivity index (χ1v) is 6.10. The topological polar surface area (TPSA) is 66.3 Å². The van der Waals surface area contributed by atoms with Crippen LogP contribution in [-0.4, -0.2) is 40.3 Å². The molecule has 0 saturated carbocycles. The molecule has 104 valence electrons. The Bertz CT molecular complexity index is 480. The molecule has 2 heterocycles. The highest BCUT2D eigenvalue weighted by Gasteiger charge is 2.53. The summed E-state index contributed by atoms with van der Waals surface area (Å²) >= 11 is 3.12. The lowest BCUT2D eigenvalue weighted by molar-refractivity contribution is -0.187. The Hall–Kier alpha value is -1.38. The third kappa shape index (κ3) is 2.96. The van der Waals surface area contributed by atoms with Crippen LogP contribution >= 0.6 is 15.9 Å². The number of nitrogens with zero attached hydrogens (tertiary/aromatic N) is 3. The Morgan fingerprint density at radius 1 is 1.37 bits per heavy atom. The Morgan fingerprint density at radius 2 is 1.95 bits per heavy atom. The van der Waals surface area contributed by atoms with E-state index >= 15 is 0 Å². The van der Waals surface area contributed by atoms with Crippen molar-refractivity contribution in [2.45, 2.75) is 6.18 Å². The minimum Gasteiger partial charge on any atom is -0.481 e. The summed E-state index contributed by atoms with van der Waals surface area (Å²) in [6, 6.07) is 0. The lowest BCUT2D eigenvalue weighted by atomic mass is 9.96. The summed E-state index contributed by atoms with van der Waals surface area (Å²) in [5.74, 6) is -4.76. The number of aliphatic carboxylic acids is 1. The first-order chi connectivity index (χ1) is 8.79. The normalized spacial score (nSPS) is 23.7. The van der Waals surface area contributed by atoms with Crippen LogP contribution in [0, 0.1) is 11.8 Å². The molecular weight excluding hydrogens is 331 g/mol. The van der Waals surface area contributed by atoms with Gasteiger partial charge < -0.3 is 10.0 Å². The van der Waals surface area contributed by atoms with Crippen molar-refractivity contribution in [1.82, 2.24) is 9.97 Å². The fraction of sp³-hybridized carbons (Fsp3) is 0.500. The third-order valence-electron chi connectivity index (χ3n) is 2.95. The fourth-order valence-corrected chi connectivity index (χ4v) is 2.22. The van der Waals surface area contributed by atoms with Crippen LogP contribution in [0.25, 0.3) is 0 Å². The largest absolute Gasteiger partial charge is 0.481 e. The molecule has 0 spiro atoms. The van der Waals surface area contributed by atoms with Crippen LogP contribution in [0.5, 0.6) is 0 Å². The van der Waals surface area contributed by atoms with Crippen LogP contribution in [0.1, 0.15) is 0 Å². The molecule has 0 bridgehead atoms. The Balaban J connectivity index is 2.23. The molecule has 9 heteroatoms. The zero-order valence-electron chi connectivity index (χ0n) is 9.43. The third-order valence-corrected chi connectivity index (χ3v) is 3.36. The van der Waals surface area contributed by atoms with Gasteiger partial charge in [0.05, 0.1) is 16.3 Å². The summed E-state index contributed by atoms with van der Waals surface area (Å²) < 4.78 is 39.0. The molecule has 1 aromatic rings. The first kappa shape index (κ1) is 14.0. The Labute approximate surface area is 114 Å². The number of rotatable bonds is 2. The number of aromatic nitrogens is 2. The van der Waals surface area contributed by atoms with Gasteiger partial charge in [-0.3, -0.25) is 4.79 Å². The van der Waals surface area contributed by atoms with Crippen molar-refractivity contribution in [1.29, 1.82) is 0 Å². The van der Waals surface area contributed by atoms with Gasteiger partial charge in [0.15, 0.2) is 0 Å². The molecule has 0 amide bonds. The lowest BCUT2D eigenvalue weighted by Crippen LogP contribution is -2.33. The standard InChI is InChI=1S/C10H9BrF3N3O2/c11-5-1-15-9(16-2-5)17-3-6(8(18)19)7(4-17)10(12,13)14/h1-2,6-7H,3-4H2,(H,18,19)/t6-,7-/m1/s1. The van der Waals surface area contributed by atoms with Crippen molar-refractivity contribution in [3.63, 3.8) is 0 Å². The highest BCUT2D eigenvalue weighted by molar-refractivity contribution is 9.10. The number of hydrogen-bond acceptors (Lipinski definition) is 4. The molecule has 1 saturated heterocycles. The number of anilines is 1. The number of hydrogen-bond donors (Lipinski definition) is 1. The van der Waals surface area contributed by atoms with E-state index in [2.05, 4.69) is 25.9 Å². The van der Waals surface area contributed by atoms with Crippen molar-refractivity contribution >= 4 is 27.8 Å². The lowest BCUT2D eigenvalue weighted by Gasteiger charge is -2.18. The van der Waals surface area contributed by atoms with Crippen molar-refractivity contribution < 1.29 is 23.1 Å². The van der Waals surface area contributed by atoms with Gasteiger partial charge in [0.2, 0.25) is 5.95 Å². The summed E-state index contributed by atoms with van der Waals surface area (Å²) in [6.45, 7) is -0.691. The molecule has 0 aromatic carbocycles. The van der Waals surface area contributed by atoms with Gasteiger partial charge in [-0.25, -0.2) is 9.97 Å². The summed E-state index contributed by atoms with van der Waals surface area (Å²) in [7, 11) is 0. The highest BCUT2D eigenvalue weighted by atomic mass is 79.9. The molecule has 2 rings (SSSR count). The maximum absolute atomic E-state index is 12.8. The van der Waals surface area contributed by atoms with Crippen LogP contribution in [0.2, 0.25) is 0 Å². The van der Waals surface area contributed by atoms with Crippen LogP contribution < -0.4 is 4.90 Å². The first-order valence-electron chi connectivity index (χ1n) is 5.31.